The number of fused-ring (bicyclic) bond motifs is 1. The fourth-order valence-corrected chi connectivity index (χ4v) is 3.91. The van der Waals surface area contributed by atoms with Crippen molar-refractivity contribution in [3.8, 4) is 0 Å². The van der Waals surface area contributed by atoms with E-state index in [9.17, 15) is 0 Å². The zero-order valence-corrected chi connectivity index (χ0v) is 11.5. The van der Waals surface area contributed by atoms with Crippen LogP contribution in [0.1, 0.15) is 35.0 Å². The Morgan fingerprint density at radius 1 is 1.61 bits per heavy atom. The quantitative estimate of drug-likeness (QED) is 0.922. The van der Waals surface area contributed by atoms with Crippen LogP contribution in [0.25, 0.3) is 0 Å². The number of nitrogens with zero attached hydrogens (tertiary/aromatic N) is 2. The highest BCUT2D eigenvalue weighted by Crippen LogP contribution is 2.36. The van der Waals surface area contributed by atoms with Crippen molar-refractivity contribution in [1.82, 2.24) is 9.55 Å². The molecule has 0 bridgehead atoms. The second-order valence-electron chi connectivity index (χ2n) is 5.12. The van der Waals surface area contributed by atoms with E-state index >= 15 is 0 Å². The Morgan fingerprint density at radius 3 is 3.28 bits per heavy atom. The van der Waals surface area contributed by atoms with Gasteiger partial charge in [-0.05, 0) is 36.3 Å². The van der Waals surface area contributed by atoms with Crippen LogP contribution in [0.5, 0.6) is 0 Å². The van der Waals surface area contributed by atoms with Gasteiger partial charge in [0.05, 0.1) is 0 Å². The molecule has 2 heterocycles. The van der Waals surface area contributed by atoms with Crippen molar-refractivity contribution in [2.24, 2.45) is 12.8 Å². The Morgan fingerprint density at radius 2 is 2.50 bits per heavy atom. The first-order valence-electron chi connectivity index (χ1n) is 6.53. The van der Waals surface area contributed by atoms with Crippen LogP contribution in [0, 0.1) is 0 Å². The third-order valence-corrected chi connectivity index (χ3v) is 4.95. The summed E-state index contributed by atoms with van der Waals surface area (Å²) in [5.74, 6) is 1.60. The van der Waals surface area contributed by atoms with Gasteiger partial charge in [-0.1, -0.05) is 0 Å². The molecule has 4 heteroatoms. The van der Waals surface area contributed by atoms with Crippen molar-refractivity contribution in [1.29, 1.82) is 0 Å². The van der Waals surface area contributed by atoms with Crippen LogP contribution >= 0.6 is 11.3 Å². The second kappa shape index (κ2) is 4.86. The van der Waals surface area contributed by atoms with Crippen molar-refractivity contribution in [2.75, 3.05) is 0 Å². The number of hydrogen-bond acceptors (Lipinski definition) is 3. The third-order valence-electron chi connectivity index (χ3n) is 3.95. The van der Waals surface area contributed by atoms with E-state index in [-0.39, 0.29) is 6.04 Å². The van der Waals surface area contributed by atoms with E-state index in [0.717, 1.165) is 12.2 Å². The molecule has 0 amide bonds. The minimum atomic E-state index is 0.180. The van der Waals surface area contributed by atoms with E-state index < -0.39 is 0 Å². The molecule has 18 heavy (non-hydrogen) atoms. The lowest BCUT2D eigenvalue weighted by atomic mass is 9.81. The van der Waals surface area contributed by atoms with Gasteiger partial charge in [-0.25, -0.2) is 4.98 Å². The van der Waals surface area contributed by atoms with Crippen LogP contribution in [-0.2, 0) is 19.9 Å². The third kappa shape index (κ3) is 2.10. The molecule has 0 spiro atoms. The Balaban J connectivity index is 1.78. The molecule has 2 N–H and O–H groups in total. The van der Waals surface area contributed by atoms with Crippen LogP contribution in [0.2, 0.25) is 0 Å². The lowest BCUT2D eigenvalue weighted by molar-refractivity contribution is 0.454. The summed E-state index contributed by atoms with van der Waals surface area (Å²) >= 11 is 1.88. The molecule has 2 aromatic heterocycles. The molecule has 3 rings (SSSR count). The Hall–Kier alpha value is -1.13. The minimum absolute atomic E-state index is 0.180. The molecule has 96 valence electrons. The van der Waals surface area contributed by atoms with Gasteiger partial charge in [0, 0.05) is 42.7 Å². The topological polar surface area (TPSA) is 43.8 Å². The van der Waals surface area contributed by atoms with Gasteiger partial charge in [0.25, 0.3) is 0 Å². The highest BCUT2D eigenvalue weighted by molar-refractivity contribution is 7.10. The Bertz CT molecular complexity index is 529. The molecular weight excluding hydrogens is 242 g/mol. The number of hydrogen-bond donors (Lipinski definition) is 1. The normalized spacial score (nSPS) is 20.7. The average molecular weight is 261 g/mol. The van der Waals surface area contributed by atoms with Crippen LogP contribution in [0.3, 0.4) is 0 Å². The van der Waals surface area contributed by atoms with E-state index in [1.807, 2.05) is 30.8 Å². The van der Waals surface area contributed by atoms with E-state index in [1.54, 1.807) is 4.88 Å². The highest BCUT2D eigenvalue weighted by atomic mass is 32.1. The van der Waals surface area contributed by atoms with Gasteiger partial charge < -0.3 is 10.3 Å². The first kappa shape index (κ1) is 11.9. The van der Waals surface area contributed by atoms with Gasteiger partial charge in [0.1, 0.15) is 5.82 Å². The van der Waals surface area contributed by atoms with E-state index in [0.29, 0.717) is 5.92 Å². The molecule has 0 saturated heterocycles. The lowest BCUT2D eigenvalue weighted by Crippen LogP contribution is -2.33. The van der Waals surface area contributed by atoms with Crippen molar-refractivity contribution < 1.29 is 0 Å². The fraction of sp³-hybridized carbons (Fsp3) is 0.500. The van der Waals surface area contributed by atoms with Gasteiger partial charge in [0.15, 0.2) is 0 Å². The summed E-state index contributed by atoms with van der Waals surface area (Å²) < 4.78 is 2.07. The zero-order valence-electron chi connectivity index (χ0n) is 10.7. The van der Waals surface area contributed by atoms with E-state index in [1.165, 1.54) is 24.8 Å². The van der Waals surface area contributed by atoms with Crippen LogP contribution in [-0.4, -0.2) is 15.6 Å². The summed E-state index contributed by atoms with van der Waals surface area (Å²) in [5, 5.41) is 2.20. The van der Waals surface area contributed by atoms with Gasteiger partial charge in [-0.2, -0.15) is 0 Å². The summed E-state index contributed by atoms with van der Waals surface area (Å²) in [5.41, 5.74) is 7.93. The predicted molar refractivity (Wildman–Crippen MR) is 74.9 cm³/mol. The summed E-state index contributed by atoms with van der Waals surface area (Å²) in [6.07, 6.45) is 8.42. The highest BCUT2D eigenvalue weighted by Gasteiger charge is 2.27. The van der Waals surface area contributed by atoms with Crippen LogP contribution < -0.4 is 5.73 Å². The predicted octanol–water partition coefficient (Wildman–Crippen LogP) is 2.47. The molecule has 0 aromatic carbocycles. The van der Waals surface area contributed by atoms with E-state index in [2.05, 4.69) is 21.0 Å². The molecule has 3 nitrogen and oxygen atoms in total. The second-order valence-corrected chi connectivity index (χ2v) is 6.12. The van der Waals surface area contributed by atoms with Crippen molar-refractivity contribution in [3.63, 3.8) is 0 Å². The summed E-state index contributed by atoms with van der Waals surface area (Å²) in [7, 11) is 2.03. The van der Waals surface area contributed by atoms with Gasteiger partial charge in [-0.15, -0.1) is 11.3 Å². The monoisotopic (exact) mass is 261 g/mol. The maximum absolute atomic E-state index is 6.43. The molecule has 0 aliphatic heterocycles. The first-order chi connectivity index (χ1) is 8.75. The van der Waals surface area contributed by atoms with Crippen molar-refractivity contribution >= 4 is 11.3 Å². The smallest absolute Gasteiger partial charge is 0.109 e. The van der Waals surface area contributed by atoms with Gasteiger partial charge in [-0.3, -0.25) is 0 Å². The standard InChI is InChI=1S/C14H19N3S/c1-17-7-6-16-14(17)9-12(15)10-3-2-4-13-11(10)5-8-18-13/h5-8,10,12H,2-4,9,15H2,1H3. The van der Waals surface area contributed by atoms with Gasteiger partial charge >= 0.3 is 0 Å². The molecule has 0 fully saturated rings. The lowest BCUT2D eigenvalue weighted by Gasteiger charge is -2.28. The Kier molecular flexibility index (Phi) is 3.22. The fourth-order valence-electron chi connectivity index (χ4n) is 2.91. The Labute approximate surface area is 112 Å². The largest absolute Gasteiger partial charge is 0.338 e. The number of imidazole rings is 1. The van der Waals surface area contributed by atoms with Crippen LogP contribution in [0.15, 0.2) is 23.8 Å². The van der Waals surface area contributed by atoms with Crippen molar-refractivity contribution in [3.05, 3.63) is 40.1 Å². The molecule has 1 aliphatic rings. The maximum Gasteiger partial charge on any atom is 0.109 e. The number of rotatable bonds is 3. The molecule has 2 aromatic rings. The maximum atomic E-state index is 6.43. The number of aryl methyl sites for hydroxylation is 2. The van der Waals surface area contributed by atoms with E-state index in [4.69, 9.17) is 5.73 Å². The minimum Gasteiger partial charge on any atom is -0.338 e. The molecule has 0 saturated carbocycles. The summed E-state index contributed by atoms with van der Waals surface area (Å²) in [6, 6.07) is 2.45. The molecule has 2 unspecified atom stereocenters. The molecule has 2 atom stereocenters. The SMILES string of the molecule is Cn1ccnc1CC(N)C1CCCc2sccc21. The number of thiophene rings is 1. The molecule has 1 aliphatic carbocycles. The van der Waals surface area contributed by atoms with Crippen LogP contribution in [0.4, 0.5) is 0 Å². The molecule has 0 radical (unpaired) electrons. The van der Waals surface area contributed by atoms with Gasteiger partial charge in [0.2, 0.25) is 0 Å². The first-order valence-corrected chi connectivity index (χ1v) is 7.41. The average Bonchev–Trinajstić information content (AvgIpc) is 2.98. The zero-order chi connectivity index (χ0) is 12.5. The summed E-state index contributed by atoms with van der Waals surface area (Å²) in [4.78, 5) is 5.92. The number of aromatic nitrogens is 2. The number of nitrogens with two attached hydrogens (primary N) is 1. The summed E-state index contributed by atoms with van der Waals surface area (Å²) in [6.45, 7) is 0. The molecular formula is C14H19N3S. The van der Waals surface area contributed by atoms with Crippen molar-refractivity contribution in [2.45, 2.75) is 37.6 Å².